The van der Waals surface area contributed by atoms with Crippen LogP contribution in [0.4, 0.5) is 17.3 Å². The van der Waals surface area contributed by atoms with Crippen LogP contribution in [0.1, 0.15) is 36.5 Å². The van der Waals surface area contributed by atoms with Gasteiger partial charge < -0.3 is 15.5 Å². The van der Waals surface area contributed by atoms with E-state index in [4.69, 9.17) is 0 Å². The smallest absolute Gasteiger partial charge is 0.253 e. The lowest BCUT2D eigenvalue weighted by atomic mass is 10.0. The van der Waals surface area contributed by atoms with E-state index in [1.807, 2.05) is 71.8 Å². The van der Waals surface area contributed by atoms with Crippen molar-refractivity contribution in [2.45, 2.75) is 26.2 Å². The van der Waals surface area contributed by atoms with Gasteiger partial charge in [-0.3, -0.25) is 9.59 Å². The Morgan fingerprint density at radius 1 is 0.882 bits per heavy atom. The van der Waals surface area contributed by atoms with E-state index < -0.39 is 0 Å². The lowest BCUT2D eigenvalue weighted by Gasteiger charge is -2.26. The van der Waals surface area contributed by atoms with Crippen molar-refractivity contribution in [1.29, 1.82) is 0 Å². The average Bonchev–Trinajstić information content (AvgIpc) is 3.28. The number of anilines is 3. The van der Waals surface area contributed by atoms with Gasteiger partial charge in [0.05, 0.1) is 0 Å². The minimum atomic E-state index is -0.112. The molecule has 0 aliphatic carbocycles. The van der Waals surface area contributed by atoms with E-state index >= 15 is 0 Å². The van der Waals surface area contributed by atoms with Gasteiger partial charge in [0.15, 0.2) is 5.65 Å². The molecule has 0 spiro atoms. The van der Waals surface area contributed by atoms with Gasteiger partial charge in [-0.15, -0.1) is 5.10 Å². The first kappa shape index (κ1) is 21.6. The number of likely N-dealkylation sites (tertiary alicyclic amines) is 1. The highest BCUT2D eigenvalue weighted by atomic mass is 16.2. The van der Waals surface area contributed by atoms with E-state index in [0.717, 1.165) is 54.1 Å². The zero-order valence-corrected chi connectivity index (χ0v) is 19.0. The van der Waals surface area contributed by atoms with Crippen molar-refractivity contribution in [3.63, 3.8) is 0 Å². The molecule has 2 aromatic heterocycles. The van der Waals surface area contributed by atoms with Gasteiger partial charge >= 0.3 is 0 Å². The third kappa shape index (κ3) is 4.61. The molecule has 0 saturated carbocycles. The molecule has 1 saturated heterocycles. The zero-order chi connectivity index (χ0) is 23.5. The molecule has 0 radical (unpaired) electrons. The van der Waals surface area contributed by atoms with Crippen LogP contribution in [0.2, 0.25) is 0 Å². The topological polar surface area (TPSA) is 91.6 Å². The van der Waals surface area contributed by atoms with Crippen LogP contribution in [0.3, 0.4) is 0 Å². The lowest BCUT2D eigenvalue weighted by molar-refractivity contribution is -0.114. The van der Waals surface area contributed by atoms with Crippen molar-refractivity contribution in [2.75, 3.05) is 23.7 Å². The molecule has 172 valence electrons. The Morgan fingerprint density at radius 2 is 1.59 bits per heavy atom. The Kier molecular flexibility index (Phi) is 5.95. The fraction of sp³-hybridized carbons (Fsp3) is 0.231. The van der Waals surface area contributed by atoms with Crippen LogP contribution < -0.4 is 10.6 Å². The van der Waals surface area contributed by atoms with Crippen molar-refractivity contribution in [2.24, 2.45) is 0 Å². The van der Waals surface area contributed by atoms with Gasteiger partial charge in [0, 0.05) is 48.7 Å². The number of nitrogens with one attached hydrogen (secondary N) is 2. The van der Waals surface area contributed by atoms with Crippen molar-refractivity contribution in [1.82, 2.24) is 19.5 Å². The number of hydrogen-bond acceptors (Lipinski definition) is 5. The van der Waals surface area contributed by atoms with Crippen molar-refractivity contribution >= 4 is 34.8 Å². The van der Waals surface area contributed by atoms with E-state index in [0.29, 0.717) is 11.5 Å². The number of carbonyl (C=O) groups is 2. The molecule has 2 N–H and O–H groups in total. The van der Waals surface area contributed by atoms with Gasteiger partial charge in [-0.05, 0) is 73.4 Å². The summed E-state index contributed by atoms with van der Waals surface area (Å²) in [5.74, 6) is 0.457. The molecule has 0 unspecified atom stereocenters. The molecule has 2 aromatic carbocycles. The fourth-order valence-corrected chi connectivity index (χ4v) is 4.23. The normalized spacial score (nSPS) is 13.6. The number of piperidine rings is 1. The summed E-state index contributed by atoms with van der Waals surface area (Å²) in [6.45, 7) is 3.15. The second kappa shape index (κ2) is 9.35. The highest BCUT2D eigenvalue weighted by Crippen LogP contribution is 2.26. The number of pyridine rings is 1. The Morgan fingerprint density at radius 3 is 2.29 bits per heavy atom. The Hall–Kier alpha value is -4.20. The largest absolute Gasteiger partial charge is 0.339 e. The summed E-state index contributed by atoms with van der Waals surface area (Å²) >= 11 is 0. The molecule has 8 nitrogen and oxygen atoms in total. The van der Waals surface area contributed by atoms with E-state index in [-0.39, 0.29) is 11.8 Å². The SMILES string of the molecule is CC(=O)Nc1ccc(Nc2nc3c(-c4ccc(C(=O)N5CCCCC5)cc4)cccn3n2)cc1. The van der Waals surface area contributed by atoms with Crippen LogP contribution in [0.5, 0.6) is 0 Å². The lowest BCUT2D eigenvalue weighted by Crippen LogP contribution is -2.35. The van der Waals surface area contributed by atoms with Crippen LogP contribution in [0.15, 0.2) is 66.9 Å². The summed E-state index contributed by atoms with van der Waals surface area (Å²) in [5, 5.41) is 10.5. The Balaban J connectivity index is 1.36. The third-order valence-electron chi connectivity index (χ3n) is 5.91. The van der Waals surface area contributed by atoms with Gasteiger partial charge in [-0.2, -0.15) is 4.98 Å². The minimum Gasteiger partial charge on any atom is -0.339 e. The Labute approximate surface area is 197 Å². The van der Waals surface area contributed by atoms with Gasteiger partial charge in [0.25, 0.3) is 5.91 Å². The maximum Gasteiger partial charge on any atom is 0.253 e. The molecule has 8 heteroatoms. The Bertz CT molecular complexity index is 1320. The molecule has 3 heterocycles. The maximum atomic E-state index is 12.8. The first-order valence-corrected chi connectivity index (χ1v) is 11.5. The van der Waals surface area contributed by atoms with Crippen molar-refractivity contribution in [3.8, 4) is 11.1 Å². The number of rotatable bonds is 5. The first-order chi connectivity index (χ1) is 16.6. The van der Waals surface area contributed by atoms with Crippen molar-refractivity contribution < 1.29 is 9.59 Å². The first-order valence-electron chi connectivity index (χ1n) is 11.5. The number of hydrogen-bond donors (Lipinski definition) is 2. The predicted molar refractivity (Wildman–Crippen MR) is 132 cm³/mol. The second-order valence-corrected chi connectivity index (χ2v) is 8.44. The standard InChI is InChI=1S/C26H26N6O2/c1-18(33)27-21-11-13-22(14-12-21)28-26-29-24-23(6-5-17-32(24)30-26)19-7-9-20(10-8-19)25(34)31-15-3-2-4-16-31/h5-14,17H,2-4,15-16H2,1H3,(H,27,33)(H,28,30). The van der Waals surface area contributed by atoms with E-state index in [1.54, 1.807) is 4.52 Å². The second-order valence-electron chi connectivity index (χ2n) is 8.44. The van der Waals surface area contributed by atoms with Gasteiger partial charge in [0.1, 0.15) is 0 Å². The predicted octanol–water partition coefficient (Wildman–Crippen LogP) is 4.72. The van der Waals surface area contributed by atoms with Crippen molar-refractivity contribution in [3.05, 3.63) is 72.4 Å². The summed E-state index contributed by atoms with van der Waals surface area (Å²) in [6, 6.07) is 19.0. The van der Waals surface area contributed by atoms with Gasteiger partial charge in [0.2, 0.25) is 11.9 Å². The zero-order valence-electron chi connectivity index (χ0n) is 19.0. The fourth-order valence-electron chi connectivity index (χ4n) is 4.23. The number of carbonyl (C=O) groups excluding carboxylic acids is 2. The molecule has 5 rings (SSSR count). The highest BCUT2D eigenvalue weighted by molar-refractivity contribution is 5.95. The van der Waals surface area contributed by atoms with E-state index in [9.17, 15) is 9.59 Å². The summed E-state index contributed by atoms with van der Waals surface area (Å²) in [7, 11) is 0. The van der Waals surface area contributed by atoms with E-state index in [1.165, 1.54) is 13.3 Å². The summed E-state index contributed by atoms with van der Waals surface area (Å²) in [5.41, 5.74) is 4.87. The summed E-state index contributed by atoms with van der Waals surface area (Å²) < 4.78 is 1.73. The monoisotopic (exact) mass is 454 g/mol. The maximum absolute atomic E-state index is 12.8. The number of fused-ring (bicyclic) bond motifs is 1. The van der Waals surface area contributed by atoms with Crippen LogP contribution in [0, 0.1) is 0 Å². The number of benzene rings is 2. The number of amides is 2. The third-order valence-corrected chi connectivity index (χ3v) is 5.91. The van der Waals surface area contributed by atoms with E-state index in [2.05, 4.69) is 20.7 Å². The number of aromatic nitrogens is 3. The molecule has 1 aliphatic rings. The quantitative estimate of drug-likeness (QED) is 0.455. The number of nitrogens with zero attached hydrogens (tertiary/aromatic N) is 4. The highest BCUT2D eigenvalue weighted by Gasteiger charge is 2.18. The molecule has 1 fully saturated rings. The molecular formula is C26H26N6O2. The van der Waals surface area contributed by atoms with Crippen LogP contribution in [-0.4, -0.2) is 44.4 Å². The van der Waals surface area contributed by atoms with Gasteiger partial charge in [-0.25, -0.2) is 4.52 Å². The van der Waals surface area contributed by atoms with Gasteiger partial charge in [-0.1, -0.05) is 12.1 Å². The van der Waals surface area contributed by atoms with Crippen LogP contribution >= 0.6 is 0 Å². The molecule has 34 heavy (non-hydrogen) atoms. The molecule has 4 aromatic rings. The molecule has 1 aliphatic heterocycles. The van der Waals surface area contributed by atoms with Crippen LogP contribution in [0.25, 0.3) is 16.8 Å². The summed E-state index contributed by atoms with van der Waals surface area (Å²) in [6.07, 6.45) is 5.21. The molecular weight excluding hydrogens is 428 g/mol. The molecule has 0 bridgehead atoms. The summed E-state index contributed by atoms with van der Waals surface area (Å²) in [4.78, 5) is 30.6. The minimum absolute atomic E-state index is 0.0999. The average molecular weight is 455 g/mol. The van der Waals surface area contributed by atoms with Crippen LogP contribution in [-0.2, 0) is 4.79 Å². The molecule has 0 atom stereocenters. The molecule has 2 amide bonds.